The first kappa shape index (κ1) is 20.4. The van der Waals surface area contributed by atoms with Gasteiger partial charge in [0.1, 0.15) is 0 Å². The average Bonchev–Trinajstić information content (AvgIpc) is 3.01. The third-order valence-corrected chi connectivity index (χ3v) is 6.30. The highest BCUT2D eigenvalue weighted by atomic mass is 35.5. The number of fused-ring (bicyclic) bond motifs is 1. The van der Waals surface area contributed by atoms with Crippen LogP contribution in [0.15, 0.2) is 0 Å². The molecule has 7 heteroatoms. The molecule has 2 fully saturated rings. The zero-order valence-corrected chi connectivity index (χ0v) is 15.5. The van der Waals surface area contributed by atoms with Gasteiger partial charge in [0.05, 0.1) is 12.1 Å². The summed E-state index contributed by atoms with van der Waals surface area (Å²) in [6.45, 7) is 2.19. The number of unbranched alkanes of at least 4 members (excludes halogenated alkanes) is 3. The molecular formula is C16H30ClN3O2S. The molecule has 5 nitrogen and oxygen atoms in total. The summed E-state index contributed by atoms with van der Waals surface area (Å²) in [5, 5.41) is 6.44. The maximum atomic E-state index is 11.6. The van der Waals surface area contributed by atoms with Crippen molar-refractivity contribution >= 4 is 36.1 Å². The summed E-state index contributed by atoms with van der Waals surface area (Å²) in [6, 6.07) is 0.504. The Kier molecular flexibility index (Phi) is 9.14. The van der Waals surface area contributed by atoms with Gasteiger partial charge in [0.15, 0.2) is 0 Å². The highest BCUT2D eigenvalue weighted by molar-refractivity contribution is 8.00. The second-order valence-electron chi connectivity index (χ2n) is 6.50. The molecule has 2 rings (SSSR count). The quantitative estimate of drug-likeness (QED) is 0.412. The van der Waals surface area contributed by atoms with Crippen LogP contribution in [0.25, 0.3) is 0 Å². The monoisotopic (exact) mass is 363 g/mol. The van der Waals surface area contributed by atoms with E-state index in [2.05, 4.69) is 17.6 Å². The molecule has 2 saturated heterocycles. The first-order chi connectivity index (χ1) is 10.6. The fourth-order valence-corrected chi connectivity index (χ4v) is 5.00. The molecule has 2 aliphatic rings. The first-order valence-electron chi connectivity index (χ1n) is 8.59. The van der Waals surface area contributed by atoms with Crippen LogP contribution in [0.5, 0.6) is 0 Å². The minimum atomic E-state index is -0.149. The normalized spacial score (nSPS) is 26.8. The summed E-state index contributed by atoms with van der Waals surface area (Å²) >= 11 is 1.93. The Labute approximate surface area is 149 Å². The van der Waals surface area contributed by atoms with Crippen LogP contribution in [0.4, 0.5) is 4.79 Å². The number of primary amides is 1. The highest BCUT2D eigenvalue weighted by Gasteiger charge is 2.42. The van der Waals surface area contributed by atoms with Crippen molar-refractivity contribution in [3.8, 4) is 0 Å². The standard InChI is InChI=1S/C16H29N3O2S.ClH/c1-2-3-4-5-7-11(15(17)20)8-6-9-13-14-12(10-22-13)18-16(21)19-14;/h11-14H,2-10H2,1H3,(H2,17,20)(H2,18,19,21);1H/t11?,12-,13-,14-;/m0./s1. The van der Waals surface area contributed by atoms with Crippen molar-refractivity contribution in [3.63, 3.8) is 0 Å². The fraction of sp³-hybridized carbons (Fsp3) is 0.875. The molecule has 1 unspecified atom stereocenters. The van der Waals surface area contributed by atoms with E-state index < -0.39 is 0 Å². The second kappa shape index (κ2) is 10.3. The van der Waals surface area contributed by atoms with Gasteiger partial charge in [-0.3, -0.25) is 4.79 Å². The summed E-state index contributed by atoms with van der Waals surface area (Å²) in [4.78, 5) is 22.9. The van der Waals surface area contributed by atoms with Crippen LogP contribution in [0.3, 0.4) is 0 Å². The van der Waals surface area contributed by atoms with Gasteiger partial charge < -0.3 is 16.4 Å². The highest BCUT2D eigenvalue weighted by Crippen LogP contribution is 2.33. The Morgan fingerprint density at radius 2 is 2.00 bits per heavy atom. The van der Waals surface area contributed by atoms with E-state index in [1.807, 2.05) is 11.8 Å². The molecule has 0 bridgehead atoms. The van der Waals surface area contributed by atoms with Crippen LogP contribution in [-0.4, -0.2) is 35.0 Å². The number of carbonyl (C=O) groups excluding carboxylic acids is 2. The van der Waals surface area contributed by atoms with Crippen LogP contribution in [0.1, 0.15) is 58.3 Å². The largest absolute Gasteiger partial charge is 0.369 e. The smallest absolute Gasteiger partial charge is 0.315 e. The van der Waals surface area contributed by atoms with E-state index in [9.17, 15) is 9.59 Å². The van der Waals surface area contributed by atoms with E-state index in [1.165, 1.54) is 19.3 Å². The molecule has 0 radical (unpaired) electrons. The molecule has 4 N–H and O–H groups in total. The Morgan fingerprint density at radius 3 is 2.70 bits per heavy atom. The molecule has 0 aliphatic carbocycles. The van der Waals surface area contributed by atoms with Crippen LogP contribution < -0.4 is 16.4 Å². The summed E-state index contributed by atoms with van der Waals surface area (Å²) in [7, 11) is 0. The molecule has 0 spiro atoms. The number of nitrogens with two attached hydrogens (primary N) is 1. The molecule has 0 aromatic carbocycles. The molecule has 2 heterocycles. The summed E-state index contributed by atoms with van der Waals surface area (Å²) in [5.41, 5.74) is 5.54. The summed E-state index contributed by atoms with van der Waals surface area (Å²) in [6.07, 6.45) is 8.62. The number of halogens is 1. The van der Waals surface area contributed by atoms with E-state index in [4.69, 9.17) is 5.73 Å². The Bertz CT molecular complexity index is 398. The van der Waals surface area contributed by atoms with Gasteiger partial charge in [-0.2, -0.15) is 11.8 Å². The first-order valence-corrected chi connectivity index (χ1v) is 9.64. The zero-order chi connectivity index (χ0) is 15.9. The molecule has 3 amide bonds. The Morgan fingerprint density at radius 1 is 1.26 bits per heavy atom. The van der Waals surface area contributed by atoms with E-state index in [0.717, 1.165) is 37.9 Å². The van der Waals surface area contributed by atoms with Crippen molar-refractivity contribution < 1.29 is 9.59 Å². The van der Waals surface area contributed by atoms with Crippen molar-refractivity contribution in [2.45, 2.75) is 75.6 Å². The Balaban J connectivity index is 0.00000264. The molecule has 23 heavy (non-hydrogen) atoms. The van der Waals surface area contributed by atoms with Gasteiger partial charge in [0.25, 0.3) is 0 Å². The lowest BCUT2D eigenvalue weighted by molar-refractivity contribution is -0.122. The lowest BCUT2D eigenvalue weighted by Crippen LogP contribution is -2.36. The minimum Gasteiger partial charge on any atom is -0.369 e. The number of nitrogens with one attached hydrogen (secondary N) is 2. The van der Waals surface area contributed by atoms with Crippen LogP contribution in [-0.2, 0) is 4.79 Å². The van der Waals surface area contributed by atoms with Gasteiger partial charge in [-0.1, -0.05) is 39.0 Å². The third kappa shape index (κ3) is 6.07. The molecule has 0 aromatic heterocycles. The Hall–Kier alpha value is -0.620. The van der Waals surface area contributed by atoms with Gasteiger partial charge in [-0.25, -0.2) is 4.79 Å². The number of amides is 3. The summed E-state index contributed by atoms with van der Waals surface area (Å²) in [5.74, 6) is 0.865. The van der Waals surface area contributed by atoms with Crippen LogP contribution >= 0.6 is 24.2 Å². The van der Waals surface area contributed by atoms with Gasteiger partial charge in [0.2, 0.25) is 5.91 Å². The van der Waals surface area contributed by atoms with E-state index in [-0.39, 0.29) is 42.3 Å². The predicted molar refractivity (Wildman–Crippen MR) is 98.0 cm³/mol. The number of carbonyl (C=O) groups is 2. The SMILES string of the molecule is CCCCCCC(CCC[C@@H]1SC[C@@H]2NC(=O)N[C@@H]21)C(N)=O.Cl. The van der Waals surface area contributed by atoms with Crippen molar-refractivity contribution in [1.29, 1.82) is 0 Å². The van der Waals surface area contributed by atoms with Gasteiger partial charge in [-0.05, 0) is 19.3 Å². The van der Waals surface area contributed by atoms with Crippen LogP contribution in [0.2, 0.25) is 0 Å². The maximum absolute atomic E-state index is 11.6. The number of hydrogen-bond donors (Lipinski definition) is 3. The molecule has 134 valence electrons. The van der Waals surface area contributed by atoms with Gasteiger partial charge in [-0.15, -0.1) is 12.4 Å². The average molecular weight is 364 g/mol. The zero-order valence-electron chi connectivity index (χ0n) is 13.9. The topological polar surface area (TPSA) is 84.2 Å². The third-order valence-electron chi connectivity index (χ3n) is 4.79. The lowest BCUT2D eigenvalue weighted by Gasteiger charge is -2.18. The maximum Gasteiger partial charge on any atom is 0.315 e. The van der Waals surface area contributed by atoms with Gasteiger partial charge >= 0.3 is 6.03 Å². The summed E-state index contributed by atoms with van der Waals surface area (Å²) < 4.78 is 0. The molecule has 2 aliphatic heterocycles. The van der Waals surface area contributed by atoms with Crippen LogP contribution in [0, 0.1) is 5.92 Å². The van der Waals surface area contributed by atoms with Crippen molar-refractivity contribution in [2.75, 3.05) is 5.75 Å². The van der Waals surface area contributed by atoms with E-state index in [1.54, 1.807) is 0 Å². The van der Waals surface area contributed by atoms with Gasteiger partial charge in [0, 0.05) is 16.9 Å². The van der Waals surface area contributed by atoms with Crippen molar-refractivity contribution in [1.82, 2.24) is 10.6 Å². The number of thioether (sulfide) groups is 1. The minimum absolute atomic E-state index is 0. The second-order valence-corrected chi connectivity index (χ2v) is 7.77. The number of urea groups is 1. The van der Waals surface area contributed by atoms with Crippen molar-refractivity contribution in [2.24, 2.45) is 11.7 Å². The predicted octanol–water partition coefficient (Wildman–Crippen LogP) is 2.82. The van der Waals surface area contributed by atoms with E-state index in [0.29, 0.717) is 5.25 Å². The molecule has 0 saturated carbocycles. The molecule has 4 atom stereocenters. The lowest BCUT2D eigenvalue weighted by atomic mass is 9.93. The molecule has 0 aromatic rings. The number of hydrogen-bond acceptors (Lipinski definition) is 3. The molecular weight excluding hydrogens is 334 g/mol. The van der Waals surface area contributed by atoms with E-state index >= 15 is 0 Å². The number of rotatable bonds is 10. The fourth-order valence-electron chi connectivity index (χ4n) is 3.45. The van der Waals surface area contributed by atoms with Crippen molar-refractivity contribution in [3.05, 3.63) is 0 Å².